The molecule has 2 aromatic rings. The summed E-state index contributed by atoms with van der Waals surface area (Å²) in [5.74, 6) is -0.982. The average molecular weight is 350 g/mol. The van der Waals surface area contributed by atoms with Crippen LogP contribution in [0.3, 0.4) is 0 Å². The first-order valence-electron chi connectivity index (χ1n) is 6.97. The number of nitrogens with one attached hydrogen (secondary N) is 1. The fourth-order valence-corrected chi connectivity index (χ4v) is 2.89. The largest absolute Gasteiger partial charge is 0.445 e. The van der Waals surface area contributed by atoms with Crippen molar-refractivity contribution in [2.45, 2.75) is 18.9 Å². The lowest BCUT2D eigenvalue weighted by molar-refractivity contribution is -0.134. The Labute approximate surface area is 143 Å². The molecule has 1 unspecified atom stereocenters. The second-order valence-corrected chi connectivity index (χ2v) is 6.38. The first kappa shape index (κ1) is 15.8. The summed E-state index contributed by atoms with van der Waals surface area (Å²) >= 11 is 12.0. The average Bonchev–Trinajstić information content (AvgIpc) is 2.48. The number of hydrogen-bond acceptors (Lipinski definition) is 3. The number of ether oxygens (including phenoxy) is 1. The molecular formula is C17H13Cl2NO3. The molecule has 118 valence electrons. The van der Waals surface area contributed by atoms with Crippen LogP contribution in [-0.2, 0) is 16.0 Å². The second kappa shape index (κ2) is 5.87. The maximum absolute atomic E-state index is 12.6. The lowest BCUT2D eigenvalue weighted by atomic mass is 9.89. The maximum Gasteiger partial charge on any atom is 0.339 e. The quantitative estimate of drug-likeness (QED) is 0.830. The summed E-state index contributed by atoms with van der Waals surface area (Å²) in [6.07, 6.45) is 0.241. The normalized spacial score (nSPS) is 19.7. The molecular weight excluding hydrogens is 337 g/mol. The third-order valence-corrected chi connectivity index (χ3v) is 4.30. The molecule has 1 N–H and O–H groups in total. The summed E-state index contributed by atoms with van der Waals surface area (Å²) in [4.78, 5) is 24.8. The van der Waals surface area contributed by atoms with Gasteiger partial charge in [-0.25, -0.2) is 4.79 Å². The van der Waals surface area contributed by atoms with Gasteiger partial charge in [-0.05, 0) is 42.8 Å². The van der Waals surface area contributed by atoms with Crippen LogP contribution in [0.15, 0.2) is 42.5 Å². The van der Waals surface area contributed by atoms with Gasteiger partial charge >= 0.3 is 5.97 Å². The lowest BCUT2D eigenvalue weighted by Crippen LogP contribution is -2.48. The van der Waals surface area contributed by atoms with Crippen LogP contribution in [-0.4, -0.2) is 17.5 Å². The van der Waals surface area contributed by atoms with E-state index in [9.17, 15) is 9.59 Å². The predicted octanol–water partition coefficient (Wildman–Crippen LogP) is 4.10. The van der Waals surface area contributed by atoms with Gasteiger partial charge in [0.25, 0.3) is 5.91 Å². The van der Waals surface area contributed by atoms with Gasteiger partial charge in [-0.15, -0.1) is 0 Å². The van der Waals surface area contributed by atoms with E-state index in [1.165, 1.54) is 0 Å². The Balaban J connectivity index is 1.89. The molecule has 0 saturated heterocycles. The molecule has 0 spiro atoms. The molecule has 0 saturated carbocycles. The lowest BCUT2D eigenvalue weighted by Gasteiger charge is -2.33. The number of benzene rings is 2. The number of esters is 1. The van der Waals surface area contributed by atoms with Gasteiger partial charge in [-0.2, -0.15) is 0 Å². The maximum atomic E-state index is 12.6. The Morgan fingerprint density at radius 2 is 1.96 bits per heavy atom. The zero-order chi connectivity index (χ0) is 16.6. The van der Waals surface area contributed by atoms with Crippen LogP contribution in [0, 0.1) is 0 Å². The van der Waals surface area contributed by atoms with Crippen molar-refractivity contribution in [3.8, 4) is 0 Å². The Bertz CT molecular complexity index is 806. The van der Waals surface area contributed by atoms with E-state index in [0.29, 0.717) is 26.9 Å². The summed E-state index contributed by atoms with van der Waals surface area (Å²) in [7, 11) is 0. The van der Waals surface area contributed by atoms with Crippen molar-refractivity contribution in [1.82, 2.24) is 0 Å². The molecule has 1 amide bonds. The van der Waals surface area contributed by atoms with Crippen molar-refractivity contribution in [1.29, 1.82) is 0 Å². The van der Waals surface area contributed by atoms with Crippen LogP contribution in [0.2, 0.25) is 10.0 Å². The van der Waals surface area contributed by atoms with E-state index >= 15 is 0 Å². The minimum absolute atomic E-state index is 0.241. The van der Waals surface area contributed by atoms with Crippen LogP contribution < -0.4 is 5.32 Å². The van der Waals surface area contributed by atoms with Crippen molar-refractivity contribution >= 4 is 40.8 Å². The van der Waals surface area contributed by atoms with Crippen LogP contribution in [0.1, 0.15) is 22.8 Å². The third-order valence-electron chi connectivity index (χ3n) is 3.74. The first-order valence-corrected chi connectivity index (χ1v) is 7.72. The van der Waals surface area contributed by atoms with Gasteiger partial charge in [-0.1, -0.05) is 35.3 Å². The fourth-order valence-electron chi connectivity index (χ4n) is 2.51. The number of carbonyl (C=O) groups excluding carboxylic acids is 2. The van der Waals surface area contributed by atoms with Crippen molar-refractivity contribution in [2.75, 3.05) is 5.32 Å². The molecule has 1 aliphatic heterocycles. The molecule has 0 bridgehead atoms. The highest BCUT2D eigenvalue weighted by atomic mass is 35.5. The summed E-state index contributed by atoms with van der Waals surface area (Å²) in [6.45, 7) is 1.57. The predicted molar refractivity (Wildman–Crippen MR) is 89.1 cm³/mol. The third kappa shape index (κ3) is 3.05. The topological polar surface area (TPSA) is 55.4 Å². The number of amides is 1. The van der Waals surface area contributed by atoms with E-state index in [2.05, 4.69) is 5.32 Å². The van der Waals surface area contributed by atoms with Crippen LogP contribution >= 0.6 is 23.2 Å². The number of anilines is 1. The van der Waals surface area contributed by atoms with Crippen molar-refractivity contribution in [3.05, 3.63) is 63.6 Å². The summed E-state index contributed by atoms with van der Waals surface area (Å²) in [6, 6.07) is 11.8. The number of fused-ring (bicyclic) bond motifs is 1. The molecule has 2 aromatic carbocycles. The Morgan fingerprint density at radius 3 is 2.70 bits per heavy atom. The highest BCUT2D eigenvalue weighted by Crippen LogP contribution is 2.31. The number of carbonyl (C=O) groups is 2. The Kier molecular flexibility index (Phi) is 4.04. The number of cyclic esters (lactones) is 1. The minimum atomic E-state index is -1.33. The summed E-state index contributed by atoms with van der Waals surface area (Å²) in [5.41, 5.74) is 0.254. The standard InChI is InChI=1S/C17H13Cl2NO3/c1-17(16(22)20-14-5-3-2-4-13(14)19)9-10-8-11(18)6-7-12(10)15(21)23-17/h2-8H,9H2,1H3,(H,20,22). The second-order valence-electron chi connectivity index (χ2n) is 5.53. The Morgan fingerprint density at radius 1 is 1.22 bits per heavy atom. The van der Waals surface area contributed by atoms with Crippen LogP contribution in [0.4, 0.5) is 5.69 Å². The Hall–Kier alpha value is -2.04. The highest BCUT2D eigenvalue weighted by molar-refractivity contribution is 6.33. The summed E-state index contributed by atoms with van der Waals surface area (Å²) in [5, 5.41) is 3.62. The van der Waals surface area contributed by atoms with E-state index < -0.39 is 17.5 Å². The first-order chi connectivity index (χ1) is 10.9. The van der Waals surface area contributed by atoms with Crippen molar-refractivity contribution in [2.24, 2.45) is 0 Å². The molecule has 1 heterocycles. The number of para-hydroxylation sites is 1. The molecule has 4 nitrogen and oxygen atoms in total. The van der Waals surface area contributed by atoms with Crippen LogP contribution in [0.5, 0.6) is 0 Å². The molecule has 1 atom stereocenters. The van der Waals surface area contributed by atoms with E-state index in [1.807, 2.05) is 0 Å². The van der Waals surface area contributed by atoms with Gasteiger partial charge in [0.2, 0.25) is 0 Å². The van der Waals surface area contributed by atoms with Gasteiger partial charge in [0, 0.05) is 11.4 Å². The van der Waals surface area contributed by atoms with Gasteiger partial charge < -0.3 is 10.1 Å². The molecule has 0 radical (unpaired) electrons. The monoisotopic (exact) mass is 349 g/mol. The number of rotatable bonds is 2. The van der Waals surface area contributed by atoms with E-state index in [4.69, 9.17) is 27.9 Å². The van der Waals surface area contributed by atoms with Crippen molar-refractivity contribution < 1.29 is 14.3 Å². The molecule has 23 heavy (non-hydrogen) atoms. The van der Waals surface area contributed by atoms with E-state index in [0.717, 1.165) is 0 Å². The summed E-state index contributed by atoms with van der Waals surface area (Å²) < 4.78 is 5.38. The van der Waals surface area contributed by atoms with E-state index in [-0.39, 0.29) is 6.42 Å². The minimum Gasteiger partial charge on any atom is -0.445 e. The molecule has 0 aliphatic carbocycles. The van der Waals surface area contributed by atoms with E-state index in [1.54, 1.807) is 49.4 Å². The molecule has 0 aromatic heterocycles. The molecule has 3 rings (SSSR count). The smallest absolute Gasteiger partial charge is 0.339 e. The zero-order valence-corrected chi connectivity index (χ0v) is 13.7. The highest BCUT2D eigenvalue weighted by Gasteiger charge is 2.42. The number of halogens is 2. The van der Waals surface area contributed by atoms with Gasteiger partial charge in [0.1, 0.15) is 0 Å². The zero-order valence-electron chi connectivity index (χ0n) is 12.2. The van der Waals surface area contributed by atoms with Gasteiger partial charge in [-0.3, -0.25) is 4.79 Å². The SMILES string of the molecule is CC1(C(=O)Nc2ccccc2Cl)Cc2cc(Cl)ccc2C(=O)O1. The van der Waals surface area contributed by atoms with Crippen LogP contribution in [0.25, 0.3) is 0 Å². The van der Waals surface area contributed by atoms with Gasteiger partial charge in [0.15, 0.2) is 5.60 Å². The molecule has 6 heteroatoms. The molecule has 0 fully saturated rings. The van der Waals surface area contributed by atoms with Crippen molar-refractivity contribution in [3.63, 3.8) is 0 Å². The fraction of sp³-hybridized carbons (Fsp3) is 0.176. The molecule has 1 aliphatic rings. The van der Waals surface area contributed by atoms with Gasteiger partial charge in [0.05, 0.1) is 16.3 Å². The number of hydrogen-bond donors (Lipinski definition) is 1.